The molecule has 2 N–H and O–H groups in total. The molecule has 9 heteroatoms. The Morgan fingerprint density at radius 3 is 2.61 bits per heavy atom. The highest BCUT2D eigenvalue weighted by Gasteiger charge is 2.14. The number of halogens is 1. The molecule has 0 atom stereocenters. The normalized spacial score (nSPS) is 10.6. The van der Waals surface area contributed by atoms with Crippen LogP contribution in [-0.2, 0) is 13.2 Å². The molecule has 0 aliphatic carbocycles. The minimum Gasteiger partial charge on any atom is -0.493 e. The van der Waals surface area contributed by atoms with E-state index in [0.717, 1.165) is 16.7 Å². The SMILES string of the molecule is COc1cc(CNn2c(-c3ccncc3)n[nH]c2=S)cc(Cl)c1OCc1ccccc1. The number of hydrogen-bond donors (Lipinski definition) is 2. The number of nitrogens with one attached hydrogen (secondary N) is 2. The molecule has 2 aromatic carbocycles. The van der Waals surface area contributed by atoms with Gasteiger partial charge in [0.15, 0.2) is 17.3 Å². The summed E-state index contributed by atoms with van der Waals surface area (Å²) in [7, 11) is 1.59. The second kappa shape index (κ2) is 9.63. The molecule has 0 unspecified atom stereocenters. The zero-order chi connectivity index (χ0) is 21.6. The van der Waals surface area contributed by atoms with Gasteiger partial charge in [0, 0.05) is 18.0 Å². The number of pyridine rings is 1. The highest BCUT2D eigenvalue weighted by molar-refractivity contribution is 7.71. The maximum atomic E-state index is 6.51. The summed E-state index contributed by atoms with van der Waals surface area (Å²) in [6, 6.07) is 17.3. The molecule has 2 aromatic heterocycles. The van der Waals surface area contributed by atoms with Gasteiger partial charge in [-0.2, -0.15) is 5.10 Å². The van der Waals surface area contributed by atoms with E-state index in [2.05, 4.69) is 20.6 Å². The zero-order valence-corrected chi connectivity index (χ0v) is 18.3. The fraction of sp³-hybridized carbons (Fsp3) is 0.136. The van der Waals surface area contributed by atoms with Gasteiger partial charge < -0.3 is 14.9 Å². The van der Waals surface area contributed by atoms with Gasteiger partial charge in [-0.1, -0.05) is 41.9 Å². The number of rotatable bonds is 8. The molecular weight excluding hydrogens is 434 g/mol. The summed E-state index contributed by atoms with van der Waals surface area (Å²) in [5, 5.41) is 7.58. The molecule has 7 nitrogen and oxygen atoms in total. The van der Waals surface area contributed by atoms with Gasteiger partial charge in [0.05, 0.1) is 18.7 Å². The second-order valence-electron chi connectivity index (χ2n) is 6.64. The van der Waals surface area contributed by atoms with Gasteiger partial charge in [0.2, 0.25) is 4.77 Å². The van der Waals surface area contributed by atoms with Crippen LogP contribution in [0.15, 0.2) is 67.0 Å². The molecule has 4 aromatic rings. The summed E-state index contributed by atoms with van der Waals surface area (Å²) >= 11 is 11.9. The third-order valence-electron chi connectivity index (χ3n) is 4.57. The summed E-state index contributed by atoms with van der Waals surface area (Å²) in [6.07, 6.45) is 3.41. The summed E-state index contributed by atoms with van der Waals surface area (Å²) < 4.78 is 13.6. The van der Waals surface area contributed by atoms with Gasteiger partial charge in [0.25, 0.3) is 0 Å². The van der Waals surface area contributed by atoms with Crippen molar-refractivity contribution in [3.05, 3.63) is 87.9 Å². The Morgan fingerprint density at radius 1 is 1.10 bits per heavy atom. The number of nitrogens with zero attached hydrogens (tertiary/aromatic N) is 3. The maximum absolute atomic E-state index is 6.51. The molecule has 4 rings (SSSR count). The van der Waals surface area contributed by atoms with Crippen LogP contribution < -0.4 is 14.9 Å². The summed E-state index contributed by atoms with van der Waals surface area (Å²) in [5.41, 5.74) is 6.11. The van der Waals surface area contributed by atoms with Crippen LogP contribution in [0, 0.1) is 4.77 Å². The van der Waals surface area contributed by atoms with Crippen LogP contribution >= 0.6 is 23.8 Å². The van der Waals surface area contributed by atoms with Gasteiger partial charge in [0.1, 0.15) is 6.61 Å². The van der Waals surface area contributed by atoms with E-state index in [1.54, 1.807) is 24.2 Å². The van der Waals surface area contributed by atoms with E-state index in [0.29, 0.717) is 40.3 Å². The van der Waals surface area contributed by atoms with Gasteiger partial charge in [-0.3, -0.25) is 4.98 Å². The van der Waals surface area contributed by atoms with E-state index >= 15 is 0 Å². The Bertz CT molecular complexity index is 1210. The van der Waals surface area contributed by atoms with Crippen LogP contribution in [0.1, 0.15) is 11.1 Å². The highest BCUT2D eigenvalue weighted by atomic mass is 35.5. The number of aromatic nitrogens is 4. The lowest BCUT2D eigenvalue weighted by atomic mass is 10.2. The summed E-state index contributed by atoms with van der Waals surface area (Å²) in [5.74, 6) is 1.73. The predicted octanol–water partition coefficient (Wildman–Crippen LogP) is 4.99. The number of H-pyrrole nitrogens is 1. The first-order chi connectivity index (χ1) is 15.2. The second-order valence-corrected chi connectivity index (χ2v) is 7.44. The first-order valence-electron chi connectivity index (χ1n) is 9.50. The minimum absolute atomic E-state index is 0.397. The van der Waals surface area contributed by atoms with E-state index in [9.17, 15) is 0 Å². The third kappa shape index (κ3) is 4.87. The van der Waals surface area contributed by atoms with Crippen molar-refractivity contribution >= 4 is 23.8 Å². The van der Waals surface area contributed by atoms with Crippen molar-refractivity contribution in [1.29, 1.82) is 0 Å². The Hall–Kier alpha value is -3.36. The van der Waals surface area contributed by atoms with Crippen molar-refractivity contribution in [2.75, 3.05) is 12.5 Å². The lowest BCUT2D eigenvalue weighted by molar-refractivity contribution is 0.284. The Kier molecular flexibility index (Phi) is 6.49. The maximum Gasteiger partial charge on any atom is 0.214 e. The molecule has 0 radical (unpaired) electrons. The van der Waals surface area contributed by atoms with Crippen molar-refractivity contribution < 1.29 is 9.47 Å². The molecule has 0 aliphatic rings. The molecule has 0 aliphatic heterocycles. The first kappa shape index (κ1) is 20.9. The fourth-order valence-corrected chi connectivity index (χ4v) is 3.54. The lowest BCUT2D eigenvalue weighted by Gasteiger charge is -2.15. The molecule has 0 spiro atoms. The van der Waals surface area contributed by atoms with Crippen LogP contribution in [0.25, 0.3) is 11.4 Å². The average molecular weight is 454 g/mol. The van der Waals surface area contributed by atoms with Crippen LogP contribution in [0.4, 0.5) is 0 Å². The molecule has 0 bridgehead atoms. The molecular formula is C22H20ClN5O2S. The van der Waals surface area contributed by atoms with Crippen LogP contribution in [-0.4, -0.2) is 27.0 Å². The number of ether oxygens (including phenoxy) is 2. The van der Waals surface area contributed by atoms with Crippen molar-refractivity contribution in [1.82, 2.24) is 19.9 Å². The molecule has 0 fully saturated rings. The molecule has 31 heavy (non-hydrogen) atoms. The fourth-order valence-electron chi connectivity index (χ4n) is 3.05. The monoisotopic (exact) mass is 453 g/mol. The quantitative estimate of drug-likeness (QED) is 0.366. The number of methoxy groups -OCH3 is 1. The van der Waals surface area contributed by atoms with E-state index in [-0.39, 0.29) is 0 Å². The van der Waals surface area contributed by atoms with E-state index in [1.807, 2.05) is 54.6 Å². The van der Waals surface area contributed by atoms with Gasteiger partial charge in [-0.15, -0.1) is 0 Å². The van der Waals surface area contributed by atoms with Gasteiger partial charge in [-0.05, 0) is 47.6 Å². The van der Waals surface area contributed by atoms with Crippen molar-refractivity contribution in [2.45, 2.75) is 13.2 Å². The van der Waals surface area contributed by atoms with Crippen molar-refractivity contribution in [2.24, 2.45) is 0 Å². The summed E-state index contributed by atoms with van der Waals surface area (Å²) in [6.45, 7) is 0.842. The topological polar surface area (TPSA) is 77.0 Å². The van der Waals surface area contributed by atoms with Gasteiger partial charge >= 0.3 is 0 Å². The standard InChI is InChI=1S/C22H20ClN5O2S/c1-29-19-12-16(11-18(23)20(19)30-14-15-5-3-2-4-6-15)13-25-28-21(26-27-22(28)31)17-7-9-24-10-8-17/h2-12,25H,13-14H2,1H3,(H,27,31). The van der Waals surface area contributed by atoms with Crippen LogP contribution in [0.5, 0.6) is 11.5 Å². The molecule has 158 valence electrons. The van der Waals surface area contributed by atoms with E-state index < -0.39 is 0 Å². The Balaban J connectivity index is 1.52. The highest BCUT2D eigenvalue weighted by Crippen LogP contribution is 2.37. The minimum atomic E-state index is 0.397. The molecule has 0 saturated carbocycles. The predicted molar refractivity (Wildman–Crippen MR) is 122 cm³/mol. The molecule has 0 amide bonds. The molecule has 2 heterocycles. The Labute approximate surface area is 189 Å². The van der Waals surface area contributed by atoms with Crippen LogP contribution in [0.2, 0.25) is 5.02 Å². The van der Waals surface area contributed by atoms with Crippen molar-refractivity contribution in [3.63, 3.8) is 0 Å². The lowest BCUT2D eigenvalue weighted by Crippen LogP contribution is -2.16. The first-order valence-corrected chi connectivity index (χ1v) is 10.3. The Morgan fingerprint density at radius 2 is 1.87 bits per heavy atom. The smallest absolute Gasteiger partial charge is 0.214 e. The third-order valence-corrected chi connectivity index (χ3v) is 5.12. The van der Waals surface area contributed by atoms with Crippen LogP contribution in [0.3, 0.4) is 0 Å². The number of benzene rings is 2. The van der Waals surface area contributed by atoms with E-state index in [1.165, 1.54) is 0 Å². The average Bonchev–Trinajstić information content (AvgIpc) is 3.18. The van der Waals surface area contributed by atoms with Gasteiger partial charge in [-0.25, -0.2) is 9.77 Å². The molecule has 0 saturated heterocycles. The van der Waals surface area contributed by atoms with E-state index in [4.69, 9.17) is 33.3 Å². The number of aromatic amines is 1. The summed E-state index contributed by atoms with van der Waals surface area (Å²) in [4.78, 5) is 4.04. The van der Waals surface area contributed by atoms with Crippen molar-refractivity contribution in [3.8, 4) is 22.9 Å². The largest absolute Gasteiger partial charge is 0.493 e. The number of hydrogen-bond acceptors (Lipinski definition) is 6. The zero-order valence-electron chi connectivity index (χ0n) is 16.7.